The van der Waals surface area contributed by atoms with Gasteiger partial charge in [-0.15, -0.1) is 0 Å². The molecule has 0 saturated carbocycles. The summed E-state index contributed by atoms with van der Waals surface area (Å²) in [6.45, 7) is 5.35. The number of carbonyl (C=O) groups is 1. The lowest BCUT2D eigenvalue weighted by atomic mass is 10.2. The van der Waals surface area contributed by atoms with Crippen molar-refractivity contribution < 1.29 is 14.3 Å². The van der Waals surface area contributed by atoms with E-state index in [0.717, 1.165) is 35.9 Å². The third-order valence-corrected chi connectivity index (χ3v) is 3.27. The molecule has 0 fully saturated rings. The van der Waals surface area contributed by atoms with E-state index in [4.69, 9.17) is 9.47 Å². The van der Waals surface area contributed by atoms with Gasteiger partial charge in [0.05, 0.1) is 23.2 Å². The van der Waals surface area contributed by atoms with Crippen molar-refractivity contribution in [2.24, 2.45) is 0 Å². The number of unbranched alkanes of at least 4 members (excludes halogenated alkanes) is 2. The predicted octanol–water partition coefficient (Wildman–Crippen LogP) is 4.58. The van der Waals surface area contributed by atoms with E-state index in [9.17, 15) is 4.79 Å². The Kier molecular flexibility index (Phi) is 7.56. The maximum absolute atomic E-state index is 11.8. The maximum atomic E-state index is 11.8. The third-order valence-electron chi connectivity index (χ3n) is 2.65. The SMILES string of the molecule is CCCCOC(=O)c1ccc(OCCCC)c(Br)c1. The zero-order valence-corrected chi connectivity index (χ0v) is 13.2. The van der Waals surface area contributed by atoms with E-state index in [2.05, 4.69) is 29.8 Å². The third kappa shape index (κ3) is 5.64. The van der Waals surface area contributed by atoms with Gasteiger partial charge in [-0.2, -0.15) is 0 Å². The summed E-state index contributed by atoms with van der Waals surface area (Å²) in [5.74, 6) is 0.479. The molecule has 0 amide bonds. The number of hydrogen-bond donors (Lipinski definition) is 0. The Balaban J connectivity index is 2.57. The second-order valence-corrected chi connectivity index (χ2v) is 5.19. The second-order valence-electron chi connectivity index (χ2n) is 4.34. The van der Waals surface area contributed by atoms with Crippen LogP contribution in [0.15, 0.2) is 22.7 Å². The van der Waals surface area contributed by atoms with Crippen LogP contribution in [0.3, 0.4) is 0 Å². The summed E-state index contributed by atoms with van der Waals surface area (Å²) in [6, 6.07) is 5.28. The molecule has 0 unspecified atom stereocenters. The zero-order valence-electron chi connectivity index (χ0n) is 11.6. The Morgan fingerprint density at radius 3 is 2.47 bits per heavy atom. The summed E-state index contributed by atoms with van der Waals surface area (Å²) < 4.78 is 11.6. The van der Waals surface area contributed by atoms with Crippen LogP contribution in [0.4, 0.5) is 0 Å². The van der Waals surface area contributed by atoms with Gasteiger partial charge in [0.1, 0.15) is 5.75 Å². The molecule has 1 aromatic rings. The van der Waals surface area contributed by atoms with E-state index in [1.165, 1.54) is 0 Å². The Labute approximate surface area is 123 Å². The molecule has 1 rings (SSSR count). The standard InChI is InChI=1S/C15H21BrO3/c1-3-5-9-18-14-8-7-12(11-13(14)16)15(17)19-10-6-4-2/h7-8,11H,3-6,9-10H2,1-2H3. The summed E-state index contributed by atoms with van der Waals surface area (Å²) in [4.78, 5) is 11.8. The number of esters is 1. The summed E-state index contributed by atoms with van der Waals surface area (Å²) >= 11 is 3.42. The molecule has 0 aliphatic carbocycles. The first kappa shape index (κ1) is 16.0. The van der Waals surface area contributed by atoms with Gasteiger partial charge in [0, 0.05) is 0 Å². The monoisotopic (exact) mass is 328 g/mol. The van der Waals surface area contributed by atoms with Crippen LogP contribution in [0.5, 0.6) is 5.75 Å². The van der Waals surface area contributed by atoms with Gasteiger partial charge in [0.2, 0.25) is 0 Å². The van der Waals surface area contributed by atoms with Crippen LogP contribution in [-0.2, 0) is 4.74 Å². The Morgan fingerprint density at radius 2 is 1.84 bits per heavy atom. The molecule has 0 bridgehead atoms. The molecule has 106 valence electrons. The van der Waals surface area contributed by atoms with Crippen LogP contribution >= 0.6 is 15.9 Å². The normalized spacial score (nSPS) is 10.3. The zero-order chi connectivity index (χ0) is 14.1. The molecule has 0 spiro atoms. The first-order valence-electron chi connectivity index (χ1n) is 6.78. The molecule has 0 radical (unpaired) electrons. The maximum Gasteiger partial charge on any atom is 0.338 e. The predicted molar refractivity (Wildman–Crippen MR) is 79.7 cm³/mol. The summed E-state index contributed by atoms with van der Waals surface area (Å²) in [6.07, 6.45) is 4.03. The van der Waals surface area contributed by atoms with Crippen molar-refractivity contribution in [2.45, 2.75) is 39.5 Å². The van der Waals surface area contributed by atoms with Gasteiger partial charge in [-0.05, 0) is 47.0 Å². The highest BCUT2D eigenvalue weighted by molar-refractivity contribution is 9.10. The highest BCUT2D eigenvalue weighted by atomic mass is 79.9. The van der Waals surface area contributed by atoms with E-state index >= 15 is 0 Å². The minimum Gasteiger partial charge on any atom is -0.492 e. The highest BCUT2D eigenvalue weighted by Crippen LogP contribution is 2.26. The number of benzene rings is 1. The molecule has 0 heterocycles. The van der Waals surface area contributed by atoms with Crippen LogP contribution in [0.25, 0.3) is 0 Å². The van der Waals surface area contributed by atoms with Gasteiger partial charge >= 0.3 is 5.97 Å². The second kappa shape index (κ2) is 8.97. The average Bonchev–Trinajstić information content (AvgIpc) is 2.41. The lowest BCUT2D eigenvalue weighted by Gasteiger charge is -2.09. The van der Waals surface area contributed by atoms with E-state index in [0.29, 0.717) is 18.8 Å². The van der Waals surface area contributed by atoms with E-state index in [-0.39, 0.29) is 5.97 Å². The van der Waals surface area contributed by atoms with Gasteiger partial charge in [-0.25, -0.2) is 4.79 Å². The van der Waals surface area contributed by atoms with Crippen LogP contribution in [0, 0.1) is 0 Å². The largest absolute Gasteiger partial charge is 0.492 e. The van der Waals surface area contributed by atoms with Gasteiger partial charge in [0.15, 0.2) is 0 Å². The first-order valence-corrected chi connectivity index (χ1v) is 7.57. The van der Waals surface area contributed by atoms with E-state index in [1.54, 1.807) is 18.2 Å². The van der Waals surface area contributed by atoms with Crippen molar-refractivity contribution in [1.82, 2.24) is 0 Å². The molecular formula is C15H21BrO3. The minimum atomic E-state index is -0.283. The van der Waals surface area contributed by atoms with Gasteiger partial charge in [0.25, 0.3) is 0 Å². The van der Waals surface area contributed by atoms with Crippen LogP contribution in [0.1, 0.15) is 49.9 Å². The van der Waals surface area contributed by atoms with Crippen molar-refractivity contribution in [3.05, 3.63) is 28.2 Å². The minimum absolute atomic E-state index is 0.283. The quantitative estimate of drug-likeness (QED) is 0.517. The lowest BCUT2D eigenvalue weighted by Crippen LogP contribution is -2.06. The fourth-order valence-corrected chi connectivity index (χ4v) is 1.96. The first-order chi connectivity index (χ1) is 9.19. The Hall–Kier alpha value is -1.03. The Bertz CT molecular complexity index is 404. The van der Waals surface area contributed by atoms with Gasteiger partial charge in [-0.1, -0.05) is 26.7 Å². The van der Waals surface area contributed by atoms with Crippen molar-refractivity contribution in [1.29, 1.82) is 0 Å². The fraction of sp³-hybridized carbons (Fsp3) is 0.533. The number of ether oxygens (including phenoxy) is 2. The van der Waals surface area contributed by atoms with Crippen LogP contribution < -0.4 is 4.74 Å². The van der Waals surface area contributed by atoms with E-state index < -0.39 is 0 Å². The van der Waals surface area contributed by atoms with Crippen molar-refractivity contribution in [3.63, 3.8) is 0 Å². The fourth-order valence-electron chi connectivity index (χ4n) is 1.46. The summed E-state index contributed by atoms with van der Waals surface area (Å²) in [5, 5.41) is 0. The highest BCUT2D eigenvalue weighted by Gasteiger charge is 2.10. The summed E-state index contributed by atoms with van der Waals surface area (Å²) in [5.41, 5.74) is 0.547. The number of hydrogen-bond acceptors (Lipinski definition) is 3. The molecule has 0 aromatic heterocycles. The molecule has 0 aliphatic rings. The molecule has 0 atom stereocenters. The van der Waals surface area contributed by atoms with Gasteiger partial charge in [-0.3, -0.25) is 0 Å². The average molecular weight is 329 g/mol. The van der Waals surface area contributed by atoms with Crippen molar-refractivity contribution in [2.75, 3.05) is 13.2 Å². The molecule has 1 aromatic carbocycles. The smallest absolute Gasteiger partial charge is 0.338 e. The molecule has 0 aliphatic heterocycles. The van der Waals surface area contributed by atoms with Crippen LogP contribution in [0.2, 0.25) is 0 Å². The number of rotatable bonds is 8. The summed E-state index contributed by atoms with van der Waals surface area (Å²) in [7, 11) is 0. The molecular weight excluding hydrogens is 308 g/mol. The number of halogens is 1. The molecule has 19 heavy (non-hydrogen) atoms. The Morgan fingerprint density at radius 1 is 1.16 bits per heavy atom. The molecule has 0 N–H and O–H groups in total. The van der Waals surface area contributed by atoms with Crippen molar-refractivity contribution in [3.8, 4) is 5.75 Å². The molecule has 0 saturated heterocycles. The van der Waals surface area contributed by atoms with Gasteiger partial charge < -0.3 is 9.47 Å². The van der Waals surface area contributed by atoms with E-state index in [1.807, 2.05) is 0 Å². The molecule has 3 nitrogen and oxygen atoms in total. The number of carbonyl (C=O) groups excluding carboxylic acids is 1. The lowest BCUT2D eigenvalue weighted by molar-refractivity contribution is 0.0499. The molecule has 4 heteroatoms. The van der Waals surface area contributed by atoms with Crippen LogP contribution in [-0.4, -0.2) is 19.2 Å². The topological polar surface area (TPSA) is 35.5 Å². The van der Waals surface area contributed by atoms with Crippen molar-refractivity contribution >= 4 is 21.9 Å².